The summed E-state index contributed by atoms with van der Waals surface area (Å²) in [5.74, 6) is 5.70. The highest BCUT2D eigenvalue weighted by molar-refractivity contribution is 5.21. The van der Waals surface area contributed by atoms with Gasteiger partial charge in [0.2, 0.25) is 0 Å². The van der Waals surface area contributed by atoms with Crippen molar-refractivity contribution in [2.24, 2.45) is 5.84 Å². The topological polar surface area (TPSA) is 34.2 Å². The van der Waals surface area contributed by atoms with Gasteiger partial charge >= 0.3 is 0 Å². The standard InChI is InChI=1S/C8H13N3.C2H6/c1-7-2-3-10-4-5-11(9)6-8(7)10;1-2/h2-3H,4-6,9H2,1H3;1-2H3. The Bertz CT molecular complexity index is 265. The number of aryl methyl sites for hydroxylation is 1. The molecule has 2 N–H and O–H groups in total. The van der Waals surface area contributed by atoms with Gasteiger partial charge in [0.1, 0.15) is 0 Å². The van der Waals surface area contributed by atoms with Crippen molar-refractivity contribution >= 4 is 0 Å². The Kier molecular flexibility index (Phi) is 3.51. The van der Waals surface area contributed by atoms with Crippen molar-refractivity contribution in [1.82, 2.24) is 9.58 Å². The van der Waals surface area contributed by atoms with Crippen LogP contribution in [0.4, 0.5) is 0 Å². The number of aromatic nitrogens is 1. The molecule has 0 bridgehead atoms. The fourth-order valence-electron chi connectivity index (χ4n) is 1.55. The van der Waals surface area contributed by atoms with Crippen LogP contribution in [-0.4, -0.2) is 16.1 Å². The quantitative estimate of drug-likeness (QED) is 0.616. The summed E-state index contributed by atoms with van der Waals surface area (Å²) in [6.45, 7) is 9.00. The fourth-order valence-corrected chi connectivity index (χ4v) is 1.55. The van der Waals surface area contributed by atoms with Crippen LogP contribution in [0.5, 0.6) is 0 Å². The molecule has 3 heteroatoms. The Morgan fingerprint density at radius 2 is 2.00 bits per heavy atom. The molecule has 0 fully saturated rings. The molecule has 1 aromatic heterocycles. The Labute approximate surface area is 80.1 Å². The first-order chi connectivity index (χ1) is 6.27. The average Bonchev–Trinajstić information content (AvgIpc) is 2.52. The van der Waals surface area contributed by atoms with Gasteiger partial charge in [-0.05, 0) is 18.6 Å². The average molecular weight is 181 g/mol. The van der Waals surface area contributed by atoms with Gasteiger partial charge in [-0.3, -0.25) is 5.84 Å². The van der Waals surface area contributed by atoms with Crippen LogP contribution in [0.25, 0.3) is 0 Å². The van der Waals surface area contributed by atoms with E-state index < -0.39 is 0 Å². The van der Waals surface area contributed by atoms with E-state index in [2.05, 4.69) is 23.8 Å². The molecule has 0 saturated carbocycles. The van der Waals surface area contributed by atoms with Crippen LogP contribution in [0.1, 0.15) is 25.1 Å². The maximum absolute atomic E-state index is 5.70. The third kappa shape index (κ3) is 2.11. The van der Waals surface area contributed by atoms with Crippen LogP contribution < -0.4 is 5.84 Å². The molecule has 1 aromatic rings. The molecule has 13 heavy (non-hydrogen) atoms. The van der Waals surface area contributed by atoms with E-state index in [1.807, 2.05) is 18.9 Å². The summed E-state index contributed by atoms with van der Waals surface area (Å²) in [5.41, 5.74) is 2.71. The van der Waals surface area contributed by atoms with E-state index in [9.17, 15) is 0 Å². The van der Waals surface area contributed by atoms with Gasteiger partial charge < -0.3 is 4.57 Å². The number of rotatable bonds is 0. The molecule has 0 spiro atoms. The molecule has 1 aliphatic heterocycles. The van der Waals surface area contributed by atoms with Crippen molar-refractivity contribution in [3.05, 3.63) is 23.5 Å². The maximum atomic E-state index is 5.70. The minimum absolute atomic E-state index is 0.888. The zero-order valence-corrected chi connectivity index (χ0v) is 8.75. The van der Waals surface area contributed by atoms with E-state index in [0.29, 0.717) is 0 Å². The SMILES string of the molecule is CC.Cc1ccn2c1CN(N)CC2. The van der Waals surface area contributed by atoms with Gasteiger partial charge in [-0.15, -0.1) is 0 Å². The third-order valence-electron chi connectivity index (χ3n) is 2.29. The molecule has 0 radical (unpaired) electrons. The third-order valence-corrected chi connectivity index (χ3v) is 2.29. The van der Waals surface area contributed by atoms with Crippen molar-refractivity contribution < 1.29 is 0 Å². The molecule has 1 aliphatic rings. The van der Waals surface area contributed by atoms with Gasteiger partial charge in [-0.1, -0.05) is 13.8 Å². The van der Waals surface area contributed by atoms with Crippen LogP contribution >= 0.6 is 0 Å². The van der Waals surface area contributed by atoms with Crippen molar-refractivity contribution in [3.8, 4) is 0 Å². The first-order valence-corrected chi connectivity index (χ1v) is 4.91. The minimum atomic E-state index is 0.888. The van der Waals surface area contributed by atoms with Gasteiger partial charge in [0.05, 0.1) is 6.54 Å². The van der Waals surface area contributed by atoms with Crippen LogP contribution in [0.3, 0.4) is 0 Å². The van der Waals surface area contributed by atoms with E-state index in [4.69, 9.17) is 5.84 Å². The molecule has 0 unspecified atom stereocenters. The molecule has 2 heterocycles. The van der Waals surface area contributed by atoms with Crippen LogP contribution in [0.15, 0.2) is 12.3 Å². The minimum Gasteiger partial charge on any atom is -0.349 e. The smallest absolute Gasteiger partial charge is 0.0535 e. The van der Waals surface area contributed by atoms with Gasteiger partial charge in [-0.2, -0.15) is 0 Å². The first-order valence-electron chi connectivity index (χ1n) is 4.91. The van der Waals surface area contributed by atoms with Crippen molar-refractivity contribution in [2.45, 2.75) is 33.9 Å². The number of hydrazine groups is 1. The summed E-state index contributed by atoms with van der Waals surface area (Å²) in [7, 11) is 0. The highest BCUT2D eigenvalue weighted by Gasteiger charge is 2.13. The van der Waals surface area contributed by atoms with Crippen LogP contribution in [0, 0.1) is 6.92 Å². The second-order valence-corrected chi connectivity index (χ2v) is 3.11. The highest BCUT2D eigenvalue weighted by Crippen LogP contribution is 2.14. The summed E-state index contributed by atoms with van der Waals surface area (Å²) < 4.78 is 2.28. The van der Waals surface area contributed by atoms with E-state index in [1.165, 1.54) is 11.3 Å². The number of hydrogen-bond donors (Lipinski definition) is 1. The van der Waals surface area contributed by atoms with E-state index >= 15 is 0 Å². The molecule has 0 saturated heterocycles. The normalized spacial score (nSPS) is 16.0. The monoisotopic (exact) mass is 181 g/mol. The lowest BCUT2D eigenvalue weighted by molar-refractivity contribution is 0.226. The largest absolute Gasteiger partial charge is 0.349 e. The summed E-state index contributed by atoms with van der Waals surface area (Å²) in [5, 5.41) is 1.86. The Hall–Kier alpha value is -0.800. The second kappa shape index (κ2) is 4.44. The summed E-state index contributed by atoms with van der Waals surface area (Å²) >= 11 is 0. The van der Waals surface area contributed by atoms with Crippen molar-refractivity contribution in [1.29, 1.82) is 0 Å². The first kappa shape index (κ1) is 10.3. The summed E-state index contributed by atoms with van der Waals surface area (Å²) in [6.07, 6.45) is 2.14. The van der Waals surface area contributed by atoms with E-state index in [0.717, 1.165) is 19.6 Å². The van der Waals surface area contributed by atoms with E-state index in [1.54, 1.807) is 0 Å². The fraction of sp³-hybridized carbons (Fsp3) is 0.600. The predicted octanol–water partition coefficient (Wildman–Crippen LogP) is 1.51. The molecule has 0 amide bonds. The number of hydrogen-bond acceptors (Lipinski definition) is 2. The van der Waals surface area contributed by atoms with Gasteiger partial charge in [0.25, 0.3) is 0 Å². The molecule has 0 atom stereocenters. The zero-order chi connectivity index (χ0) is 9.84. The maximum Gasteiger partial charge on any atom is 0.0535 e. The number of nitrogens with two attached hydrogens (primary N) is 1. The van der Waals surface area contributed by atoms with Crippen molar-refractivity contribution in [3.63, 3.8) is 0 Å². The zero-order valence-electron chi connectivity index (χ0n) is 8.75. The lowest BCUT2D eigenvalue weighted by atomic mass is 10.2. The molecule has 2 rings (SSSR count). The lowest BCUT2D eigenvalue weighted by Crippen LogP contribution is -2.38. The molecule has 3 nitrogen and oxygen atoms in total. The van der Waals surface area contributed by atoms with Gasteiger partial charge in [0, 0.05) is 25.0 Å². The number of nitrogens with zero attached hydrogens (tertiary/aromatic N) is 2. The molecular weight excluding hydrogens is 162 g/mol. The summed E-state index contributed by atoms with van der Waals surface area (Å²) in [6, 6.07) is 2.15. The van der Waals surface area contributed by atoms with Gasteiger partial charge in [0.15, 0.2) is 0 Å². The van der Waals surface area contributed by atoms with Crippen LogP contribution in [0.2, 0.25) is 0 Å². The Morgan fingerprint density at radius 1 is 1.31 bits per heavy atom. The molecular formula is C10H19N3. The van der Waals surface area contributed by atoms with Crippen LogP contribution in [-0.2, 0) is 13.1 Å². The Balaban J connectivity index is 0.000000396. The summed E-state index contributed by atoms with van der Waals surface area (Å²) in [4.78, 5) is 0. The second-order valence-electron chi connectivity index (χ2n) is 3.11. The Morgan fingerprint density at radius 3 is 2.69 bits per heavy atom. The van der Waals surface area contributed by atoms with Crippen molar-refractivity contribution in [2.75, 3.05) is 6.54 Å². The lowest BCUT2D eigenvalue weighted by Gasteiger charge is -2.24. The predicted molar refractivity (Wildman–Crippen MR) is 55.1 cm³/mol. The van der Waals surface area contributed by atoms with E-state index in [-0.39, 0.29) is 0 Å². The highest BCUT2D eigenvalue weighted by atomic mass is 15.4. The van der Waals surface area contributed by atoms with Gasteiger partial charge in [-0.25, -0.2) is 5.01 Å². The molecule has 0 aliphatic carbocycles. The number of fused-ring (bicyclic) bond motifs is 1. The molecule has 74 valence electrons. The molecule has 0 aromatic carbocycles.